The Morgan fingerprint density at radius 2 is 1.67 bits per heavy atom. The van der Waals surface area contributed by atoms with Crippen LogP contribution in [-0.4, -0.2) is 78.5 Å². The lowest BCUT2D eigenvalue weighted by Crippen LogP contribution is -2.37. The first-order valence-corrected chi connectivity index (χ1v) is 17.1. The molecule has 1 saturated heterocycles. The summed E-state index contributed by atoms with van der Waals surface area (Å²) in [6, 6.07) is 19.7. The van der Waals surface area contributed by atoms with Crippen LogP contribution in [0, 0.1) is 5.82 Å². The Hall–Kier alpha value is -6.26. The molecule has 3 heterocycles. The van der Waals surface area contributed by atoms with E-state index in [-0.39, 0.29) is 33.8 Å². The Balaban J connectivity index is 1.10. The fourth-order valence-electron chi connectivity index (χ4n) is 6.11. The number of aromatic nitrogens is 3. The molecule has 0 aliphatic carbocycles. The van der Waals surface area contributed by atoms with Crippen LogP contribution < -0.4 is 29.7 Å². The third kappa shape index (κ3) is 8.45. The van der Waals surface area contributed by atoms with E-state index in [9.17, 15) is 22.8 Å². The van der Waals surface area contributed by atoms with Crippen molar-refractivity contribution in [3.63, 3.8) is 0 Å². The lowest BCUT2D eigenvalue weighted by atomic mass is 10.1. The van der Waals surface area contributed by atoms with Crippen molar-refractivity contribution in [2.75, 3.05) is 51.9 Å². The molecular weight excluding hydrogens is 726 g/mol. The number of nitrogens with zero attached hydrogens (tertiary/aromatic N) is 4. The van der Waals surface area contributed by atoms with Crippen LogP contribution in [0.3, 0.4) is 0 Å². The quantitative estimate of drug-likeness (QED) is 0.102. The second-order valence-electron chi connectivity index (χ2n) is 12.3. The number of ether oxygens (including phenoxy) is 5. The molecule has 4 aromatic carbocycles. The molecular formula is C39H33F4N5O7. The van der Waals surface area contributed by atoms with E-state index in [1.807, 2.05) is 0 Å². The van der Waals surface area contributed by atoms with Crippen molar-refractivity contribution in [2.45, 2.75) is 12.8 Å². The second kappa shape index (κ2) is 16.0. The summed E-state index contributed by atoms with van der Waals surface area (Å²) in [4.78, 5) is 33.6. The molecule has 0 radical (unpaired) electrons. The number of pyridine rings is 1. The van der Waals surface area contributed by atoms with Gasteiger partial charge in [-0.3, -0.25) is 19.5 Å². The second-order valence-corrected chi connectivity index (χ2v) is 12.3. The van der Waals surface area contributed by atoms with Crippen molar-refractivity contribution in [1.29, 1.82) is 0 Å². The minimum atomic E-state index is -5.02. The van der Waals surface area contributed by atoms with Gasteiger partial charge in [0.15, 0.2) is 34.5 Å². The van der Waals surface area contributed by atoms with Crippen LogP contribution in [0.5, 0.6) is 28.7 Å². The number of amides is 1. The number of anilines is 1. The number of rotatable bonds is 12. The van der Waals surface area contributed by atoms with Crippen LogP contribution in [0.2, 0.25) is 0 Å². The summed E-state index contributed by atoms with van der Waals surface area (Å²) in [5, 5.41) is 7.11. The first-order chi connectivity index (χ1) is 26.6. The van der Waals surface area contributed by atoms with E-state index in [1.165, 1.54) is 61.8 Å². The number of methoxy groups -OCH3 is 1. The van der Waals surface area contributed by atoms with Crippen LogP contribution in [0.15, 0.2) is 95.9 Å². The number of hydrogen-bond acceptors (Lipinski definition) is 10. The zero-order valence-electron chi connectivity index (χ0n) is 29.3. The largest absolute Gasteiger partial charge is 0.573 e. The summed E-state index contributed by atoms with van der Waals surface area (Å²) in [6.45, 7) is 4.56. The van der Waals surface area contributed by atoms with Gasteiger partial charge in [0, 0.05) is 49.0 Å². The number of hydrogen-bond donors (Lipinski definition) is 1. The Kier molecular flexibility index (Phi) is 10.8. The highest BCUT2D eigenvalue weighted by molar-refractivity contribution is 6.04. The van der Waals surface area contributed by atoms with Crippen LogP contribution in [0.25, 0.3) is 27.5 Å². The van der Waals surface area contributed by atoms with Gasteiger partial charge in [-0.25, -0.2) is 9.07 Å². The number of morpholine rings is 1. The number of halogens is 4. The molecule has 1 aliphatic heterocycles. The average molecular weight is 760 g/mol. The lowest BCUT2D eigenvalue weighted by Gasteiger charge is -2.26. The molecule has 1 N–H and O–H groups in total. The molecule has 1 fully saturated rings. The highest BCUT2D eigenvalue weighted by Crippen LogP contribution is 2.38. The van der Waals surface area contributed by atoms with E-state index in [0.29, 0.717) is 29.0 Å². The molecule has 16 heteroatoms. The predicted octanol–water partition coefficient (Wildman–Crippen LogP) is 7.13. The molecule has 0 bridgehead atoms. The van der Waals surface area contributed by atoms with E-state index in [2.05, 4.69) is 25.0 Å². The maximum atomic E-state index is 15.5. The van der Waals surface area contributed by atoms with Gasteiger partial charge in [0.05, 0.1) is 43.4 Å². The summed E-state index contributed by atoms with van der Waals surface area (Å²) in [5.74, 6) is -1.46. The summed E-state index contributed by atoms with van der Waals surface area (Å²) < 4.78 is 83.4. The fourth-order valence-corrected chi connectivity index (χ4v) is 6.11. The number of alkyl halides is 3. The van der Waals surface area contributed by atoms with E-state index in [4.69, 9.17) is 18.9 Å². The van der Waals surface area contributed by atoms with Crippen molar-refractivity contribution in [3.05, 3.63) is 113 Å². The highest BCUT2D eigenvalue weighted by Gasteiger charge is 2.33. The summed E-state index contributed by atoms with van der Waals surface area (Å²) in [6.07, 6.45) is -2.71. The SMILES string of the molecule is COc1cc2c(Oc3ccc(NC(=O)c4nn(-c5ccccc5OC(F)(F)F)c5ccccc5c4=O)cc3F)ccnc2cc1OCCCN1CCOCC1. The highest BCUT2D eigenvalue weighted by atomic mass is 19.4. The van der Waals surface area contributed by atoms with Crippen molar-refractivity contribution >= 4 is 33.4 Å². The third-order valence-corrected chi connectivity index (χ3v) is 8.70. The molecule has 0 atom stereocenters. The zero-order valence-corrected chi connectivity index (χ0v) is 29.3. The molecule has 0 spiro atoms. The molecule has 0 saturated carbocycles. The number of fused-ring (bicyclic) bond motifs is 2. The standard InChI is InChI=1S/C39H33F4N5O7/c1-51-34-22-26-28(23-35(34)53-18-6-15-47-16-19-52-20-17-47)44-14-13-31(26)54-32-12-11-24(21-27(32)40)45-38(50)36-37(49)25-7-2-3-8-29(25)48(46-36)30-9-4-5-10-33(30)55-39(41,42)43/h2-5,7-14,21-23H,6,15-20H2,1H3,(H,45,50). The molecule has 0 unspecified atom stereocenters. The molecule has 1 amide bonds. The van der Waals surface area contributed by atoms with Crippen LogP contribution in [-0.2, 0) is 4.74 Å². The van der Waals surface area contributed by atoms with Crippen LogP contribution >= 0.6 is 0 Å². The Bertz CT molecular complexity index is 2420. The average Bonchev–Trinajstić information content (AvgIpc) is 3.17. The van der Waals surface area contributed by atoms with Gasteiger partial charge in [-0.2, -0.15) is 5.10 Å². The number of benzene rings is 4. The fraction of sp³-hybridized carbons (Fsp3) is 0.231. The van der Waals surface area contributed by atoms with Gasteiger partial charge < -0.3 is 29.0 Å². The molecule has 7 rings (SSSR count). The van der Waals surface area contributed by atoms with Crippen LogP contribution in [0.4, 0.5) is 23.2 Å². The van der Waals surface area contributed by atoms with Gasteiger partial charge in [-0.1, -0.05) is 24.3 Å². The molecule has 2 aromatic heterocycles. The van der Waals surface area contributed by atoms with Crippen molar-refractivity contribution in [2.24, 2.45) is 0 Å². The molecule has 1 aliphatic rings. The van der Waals surface area contributed by atoms with Gasteiger partial charge in [0.1, 0.15) is 11.4 Å². The van der Waals surface area contributed by atoms with Crippen molar-refractivity contribution < 1.29 is 46.0 Å². The summed E-state index contributed by atoms with van der Waals surface area (Å²) in [7, 11) is 1.51. The topological polar surface area (TPSA) is 126 Å². The molecule has 6 aromatic rings. The van der Waals surface area contributed by atoms with E-state index in [0.717, 1.165) is 56.1 Å². The number of carbonyl (C=O) groups excluding carboxylic acids is 1. The van der Waals surface area contributed by atoms with E-state index in [1.54, 1.807) is 24.3 Å². The van der Waals surface area contributed by atoms with Crippen molar-refractivity contribution in [1.82, 2.24) is 19.7 Å². The molecule has 55 heavy (non-hydrogen) atoms. The Labute approximate surface area is 310 Å². The number of para-hydroxylation sites is 3. The lowest BCUT2D eigenvalue weighted by molar-refractivity contribution is -0.274. The van der Waals surface area contributed by atoms with Gasteiger partial charge in [-0.05, 0) is 55.0 Å². The van der Waals surface area contributed by atoms with Gasteiger partial charge >= 0.3 is 6.36 Å². The Morgan fingerprint density at radius 1 is 0.891 bits per heavy atom. The number of nitrogens with one attached hydrogen (secondary N) is 1. The Morgan fingerprint density at radius 3 is 2.45 bits per heavy atom. The first-order valence-electron chi connectivity index (χ1n) is 17.1. The normalized spacial score (nSPS) is 13.5. The monoisotopic (exact) mass is 759 g/mol. The zero-order chi connectivity index (χ0) is 38.5. The predicted molar refractivity (Wildman–Crippen MR) is 194 cm³/mol. The third-order valence-electron chi connectivity index (χ3n) is 8.70. The maximum absolute atomic E-state index is 15.5. The van der Waals surface area contributed by atoms with Gasteiger partial charge in [-0.15, -0.1) is 13.2 Å². The minimum absolute atomic E-state index is 0.00283. The summed E-state index contributed by atoms with van der Waals surface area (Å²) >= 11 is 0. The van der Waals surface area contributed by atoms with E-state index >= 15 is 4.39 Å². The molecule has 12 nitrogen and oxygen atoms in total. The maximum Gasteiger partial charge on any atom is 0.573 e. The van der Waals surface area contributed by atoms with Crippen molar-refractivity contribution in [3.8, 4) is 34.4 Å². The van der Waals surface area contributed by atoms with E-state index < -0.39 is 35.0 Å². The number of carbonyl (C=O) groups is 1. The molecule has 284 valence electrons. The van der Waals surface area contributed by atoms with Crippen LogP contribution in [0.1, 0.15) is 16.9 Å². The summed E-state index contributed by atoms with van der Waals surface area (Å²) in [5.41, 5.74) is -1.03. The van der Waals surface area contributed by atoms with Gasteiger partial charge in [0.2, 0.25) is 5.43 Å². The first kappa shape index (κ1) is 37.1. The smallest absolute Gasteiger partial charge is 0.493 e. The minimum Gasteiger partial charge on any atom is -0.493 e. The van der Waals surface area contributed by atoms with Gasteiger partial charge in [0.25, 0.3) is 5.91 Å².